The molecular weight excluding hydrogens is 556 g/mol. The highest BCUT2D eigenvalue weighted by atomic mass is 16.5. The minimum atomic E-state index is -0.824. The molecule has 0 radical (unpaired) electrons. The number of methoxy groups -OCH3 is 2. The SMILES string of the molecule is COc1ccc(CCN(C(=O)Cn2nnc3ccccc32)[C@@H](C(=O)NC2CCCCC2)c2ccc(N(C)C)cc2)cc1OC. The van der Waals surface area contributed by atoms with Crippen LogP contribution in [0.5, 0.6) is 11.5 Å². The maximum atomic E-state index is 14.3. The van der Waals surface area contributed by atoms with E-state index in [4.69, 9.17) is 9.47 Å². The molecule has 1 saturated carbocycles. The zero-order valence-electron chi connectivity index (χ0n) is 26.0. The fourth-order valence-electron chi connectivity index (χ4n) is 5.89. The van der Waals surface area contributed by atoms with Gasteiger partial charge >= 0.3 is 0 Å². The number of aromatic nitrogens is 3. The average Bonchev–Trinajstić information content (AvgIpc) is 3.45. The highest BCUT2D eigenvalue weighted by Gasteiger charge is 2.33. The Morgan fingerprint density at radius 2 is 1.68 bits per heavy atom. The number of amides is 2. The molecule has 44 heavy (non-hydrogen) atoms. The first kappa shape index (κ1) is 30.8. The maximum Gasteiger partial charge on any atom is 0.247 e. The molecule has 10 nitrogen and oxygen atoms in total. The Morgan fingerprint density at radius 1 is 0.955 bits per heavy atom. The van der Waals surface area contributed by atoms with Crippen LogP contribution in [0, 0.1) is 0 Å². The predicted octanol–water partition coefficient (Wildman–Crippen LogP) is 4.78. The number of anilines is 1. The Bertz CT molecular complexity index is 1560. The molecule has 5 rings (SSSR count). The highest BCUT2D eigenvalue weighted by molar-refractivity contribution is 5.89. The molecule has 232 valence electrons. The van der Waals surface area contributed by atoms with Crippen molar-refractivity contribution < 1.29 is 19.1 Å². The van der Waals surface area contributed by atoms with E-state index in [2.05, 4.69) is 15.6 Å². The first-order valence-corrected chi connectivity index (χ1v) is 15.2. The average molecular weight is 599 g/mol. The fourth-order valence-corrected chi connectivity index (χ4v) is 5.89. The Hall–Kier alpha value is -4.60. The predicted molar refractivity (Wildman–Crippen MR) is 171 cm³/mol. The van der Waals surface area contributed by atoms with Gasteiger partial charge in [0.15, 0.2) is 11.5 Å². The van der Waals surface area contributed by atoms with Gasteiger partial charge < -0.3 is 24.6 Å². The molecule has 1 N–H and O–H groups in total. The summed E-state index contributed by atoms with van der Waals surface area (Å²) >= 11 is 0. The third kappa shape index (κ3) is 7.12. The van der Waals surface area contributed by atoms with Crippen molar-refractivity contribution in [2.45, 2.75) is 57.2 Å². The summed E-state index contributed by atoms with van der Waals surface area (Å²) in [5.74, 6) is 0.857. The van der Waals surface area contributed by atoms with E-state index in [-0.39, 0.29) is 24.4 Å². The van der Waals surface area contributed by atoms with E-state index in [1.807, 2.05) is 85.7 Å². The molecule has 0 unspecified atom stereocenters. The second-order valence-corrected chi connectivity index (χ2v) is 11.5. The van der Waals surface area contributed by atoms with Crippen molar-refractivity contribution in [2.75, 3.05) is 39.8 Å². The Kier molecular flexibility index (Phi) is 9.99. The molecule has 4 aromatic rings. The number of nitrogens with zero attached hydrogens (tertiary/aromatic N) is 5. The summed E-state index contributed by atoms with van der Waals surface area (Å²) in [5.41, 5.74) is 4.20. The zero-order valence-corrected chi connectivity index (χ0v) is 26.0. The summed E-state index contributed by atoms with van der Waals surface area (Å²) in [6, 6.07) is 20.4. The second kappa shape index (κ2) is 14.2. The molecule has 10 heteroatoms. The molecule has 0 bridgehead atoms. The van der Waals surface area contributed by atoms with Crippen LogP contribution < -0.4 is 19.7 Å². The van der Waals surface area contributed by atoms with Crippen LogP contribution in [0.15, 0.2) is 66.7 Å². The number of hydrogen-bond acceptors (Lipinski definition) is 7. The Morgan fingerprint density at radius 3 is 2.39 bits per heavy atom. The largest absolute Gasteiger partial charge is 0.493 e. The van der Waals surface area contributed by atoms with Crippen LogP contribution in [0.1, 0.15) is 49.3 Å². The normalized spacial score (nSPS) is 14.2. The summed E-state index contributed by atoms with van der Waals surface area (Å²) in [6.07, 6.45) is 5.77. The molecule has 1 aromatic heterocycles. The zero-order chi connectivity index (χ0) is 31.1. The molecule has 0 spiro atoms. The second-order valence-electron chi connectivity index (χ2n) is 11.5. The lowest BCUT2D eigenvalue weighted by Crippen LogP contribution is -2.48. The van der Waals surface area contributed by atoms with E-state index in [0.29, 0.717) is 30.0 Å². The first-order chi connectivity index (χ1) is 21.4. The topological polar surface area (TPSA) is 102 Å². The Balaban J connectivity index is 1.50. The van der Waals surface area contributed by atoms with E-state index in [0.717, 1.165) is 48.0 Å². The van der Waals surface area contributed by atoms with Crippen molar-refractivity contribution in [2.24, 2.45) is 0 Å². The lowest BCUT2D eigenvalue weighted by molar-refractivity contribution is -0.141. The summed E-state index contributed by atoms with van der Waals surface area (Å²) in [6.45, 7) is 0.259. The smallest absolute Gasteiger partial charge is 0.247 e. The van der Waals surface area contributed by atoms with Crippen molar-refractivity contribution >= 4 is 28.5 Å². The molecule has 1 atom stereocenters. The van der Waals surface area contributed by atoms with Gasteiger partial charge in [0.25, 0.3) is 0 Å². The van der Waals surface area contributed by atoms with Gasteiger partial charge in [0, 0.05) is 32.4 Å². The van der Waals surface area contributed by atoms with Crippen molar-refractivity contribution in [1.29, 1.82) is 0 Å². The summed E-state index contributed by atoms with van der Waals surface area (Å²) in [4.78, 5) is 32.2. The van der Waals surface area contributed by atoms with Gasteiger partial charge in [-0.25, -0.2) is 4.68 Å². The molecule has 2 amide bonds. The molecule has 1 heterocycles. The molecule has 0 aliphatic heterocycles. The quantitative estimate of drug-likeness (QED) is 0.251. The van der Waals surface area contributed by atoms with Gasteiger partial charge in [-0.1, -0.05) is 54.8 Å². The molecule has 0 saturated heterocycles. The van der Waals surface area contributed by atoms with Gasteiger partial charge in [0.1, 0.15) is 18.1 Å². The van der Waals surface area contributed by atoms with E-state index < -0.39 is 6.04 Å². The van der Waals surface area contributed by atoms with Crippen LogP contribution in [0.25, 0.3) is 11.0 Å². The van der Waals surface area contributed by atoms with E-state index >= 15 is 0 Å². The fraction of sp³-hybridized carbons (Fsp3) is 0.412. The maximum absolute atomic E-state index is 14.3. The third-order valence-electron chi connectivity index (χ3n) is 8.35. The van der Waals surface area contributed by atoms with Crippen LogP contribution in [0.3, 0.4) is 0 Å². The van der Waals surface area contributed by atoms with E-state index in [1.165, 1.54) is 6.42 Å². The minimum absolute atomic E-state index is 0.0462. The summed E-state index contributed by atoms with van der Waals surface area (Å²) in [7, 11) is 7.15. The molecule has 1 aliphatic carbocycles. The van der Waals surface area contributed by atoms with Crippen LogP contribution >= 0.6 is 0 Å². The lowest BCUT2D eigenvalue weighted by Gasteiger charge is -2.34. The molecule has 1 fully saturated rings. The number of fused-ring (bicyclic) bond motifs is 1. The van der Waals surface area contributed by atoms with Crippen LogP contribution in [-0.4, -0.2) is 72.6 Å². The van der Waals surface area contributed by atoms with Gasteiger partial charge in [0.05, 0.1) is 19.7 Å². The number of para-hydroxylation sites is 1. The van der Waals surface area contributed by atoms with Gasteiger partial charge in [0.2, 0.25) is 11.8 Å². The van der Waals surface area contributed by atoms with Gasteiger partial charge in [-0.05, 0) is 66.8 Å². The van der Waals surface area contributed by atoms with Gasteiger partial charge in [-0.3, -0.25) is 9.59 Å². The van der Waals surface area contributed by atoms with Crippen LogP contribution in [0.2, 0.25) is 0 Å². The standard InChI is InChI=1S/C34H42N6O4/c1-38(2)27-17-15-25(16-18-27)33(34(42)35-26-10-6-5-7-11-26)39(21-20-24-14-19-30(43-3)31(22-24)44-4)32(41)23-40-29-13-9-8-12-28(29)36-37-40/h8-9,12-19,22,26,33H,5-7,10-11,20-21,23H2,1-4H3,(H,35,42)/t33-/m1/s1. The van der Waals surface area contributed by atoms with Crippen molar-refractivity contribution in [3.8, 4) is 11.5 Å². The van der Waals surface area contributed by atoms with Crippen LogP contribution in [0.4, 0.5) is 5.69 Å². The van der Waals surface area contributed by atoms with Crippen molar-refractivity contribution in [1.82, 2.24) is 25.2 Å². The lowest BCUT2D eigenvalue weighted by atomic mass is 9.94. The number of carbonyl (C=O) groups excluding carboxylic acids is 2. The first-order valence-electron chi connectivity index (χ1n) is 15.2. The molecule has 1 aliphatic rings. The van der Waals surface area contributed by atoms with E-state index in [9.17, 15) is 9.59 Å². The number of nitrogens with one attached hydrogen (secondary N) is 1. The van der Waals surface area contributed by atoms with Gasteiger partial charge in [-0.15, -0.1) is 5.10 Å². The number of carbonyl (C=O) groups is 2. The van der Waals surface area contributed by atoms with Gasteiger partial charge in [-0.2, -0.15) is 0 Å². The van der Waals surface area contributed by atoms with Crippen molar-refractivity contribution in [3.05, 3.63) is 77.9 Å². The van der Waals surface area contributed by atoms with Crippen LogP contribution in [-0.2, 0) is 22.6 Å². The van der Waals surface area contributed by atoms with E-state index in [1.54, 1.807) is 23.8 Å². The number of benzene rings is 3. The molecular formula is C34H42N6O4. The number of rotatable bonds is 12. The summed E-state index contributed by atoms with van der Waals surface area (Å²) < 4.78 is 12.5. The number of hydrogen-bond donors (Lipinski definition) is 1. The minimum Gasteiger partial charge on any atom is -0.493 e. The Labute approximate surface area is 258 Å². The summed E-state index contributed by atoms with van der Waals surface area (Å²) in [5, 5.41) is 11.8. The highest BCUT2D eigenvalue weighted by Crippen LogP contribution is 2.30. The third-order valence-corrected chi connectivity index (χ3v) is 8.35. The molecule has 3 aromatic carbocycles. The monoisotopic (exact) mass is 598 g/mol. The number of ether oxygens (including phenoxy) is 2. The van der Waals surface area contributed by atoms with Crippen molar-refractivity contribution in [3.63, 3.8) is 0 Å².